The molecule has 0 radical (unpaired) electrons. The summed E-state index contributed by atoms with van der Waals surface area (Å²) >= 11 is 0. The topological polar surface area (TPSA) is 69.0 Å². The normalized spacial score (nSPS) is 17.7. The van der Waals surface area contributed by atoms with E-state index in [9.17, 15) is 9.18 Å². The largest absolute Gasteiger partial charge is 0.490 e. The highest BCUT2D eigenvalue weighted by molar-refractivity contribution is 5.95. The van der Waals surface area contributed by atoms with E-state index < -0.39 is 5.97 Å². The third kappa shape index (κ3) is 2.73. The van der Waals surface area contributed by atoms with Crippen molar-refractivity contribution in [1.82, 2.24) is 14.6 Å². The molecule has 0 aliphatic carbocycles. The first-order chi connectivity index (χ1) is 12.5. The van der Waals surface area contributed by atoms with Crippen molar-refractivity contribution >= 4 is 17.4 Å². The third-order valence-electron chi connectivity index (χ3n) is 4.51. The van der Waals surface area contributed by atoms with Crippen LogP contribution in [0.2, 0.25) is 0 Å². The Balaban J connectivity index is 1.85. The lowest BCUT2D eigenvalue weighted by Crippen LogP contribution is -2.23. The molecule has 1 aromatic carbocycles. The number of carbonyl (C=O) groups excluding carboxylic acids is 1. The Morgan fingerprint density at radius 1 is 1.23 bits per heavy atom. The van der Waals surface area contributed by atoms with Crippen LogP contribution in [0.15, 0.2) is 36.7 Å². The fraction of sp³-hybridized carbons (Fsp3) is 0.278. The fourth-order valence-corrected chi connectivity index (χ4v) is 2.95. The first-order valence-corrected chi connectivity index (χ1v) is 8.21. The summed E-state index contributed by atoms with van der Waals surface area (Å²) in [5.41, 5.74) is 1.38. The predicted molar refractivity (Wildman–Crippen MR) is 92.0 cm³/mol. The van der Waals surface area contributed by atoms with Crippen molar-refractivity contribution < 1.29 is 18.7 Å². The number of halogens is 1. The van der Waals surface area contributed by atoms with E-state index in [0.29, 0.717) is 22.8 Å². The number of fused-ring (bicyclic) bond motifs is 2. The van der Waals surface area contributed by atoms with E-state index in [1.807, 2.05) is 18.9 Å². The molecule has 2 aromatic heterocycles. The van der Waals surface area contributed by atoms with Crippen LogP contribution in [-0.2, 0) is 4.74 Å². The molecule has 0 spiro atoms. The standard InChI is InChI=1S/C18H17FN4O3/c1-11-13-9-12(19)3-4-15(13)25-7-8-26-18(24)14-10-20-23-6-5-16(22(11)2)21-17(14)23/h3-6,9-11H,7-8H2,1-2H3/t11-/m1/s1. The van der Waals surface area contributed by atoms with Gasteiger partial charge in [0.1, 0.15) is 36.2 Å². The van der Waals surface area contributed by atoms with Gasteiger partial charge in [0.2, 0.25) is 0 Å². The average molecular weight is 356 g/mol. The second-order valence-electron chi connectivity index (χ2n) is 6.07. The number of carbonyl (C=O) groups is 1. The summed E-state index contributed by atoms with van der Waals surface area (Å²) in [7, 11) is 1.85. The molecule has 0 saturated heterocycles. The lowest BCUT2D eigenvalue weighted by atomic mass is 10.1. The van der Waals surface area contributed by atoms with E-state index in [2.05, 4.69) is 10.1 Å². The highest BCUT2D eigenvalue weighted by Gasteiger charge is 2.22. The second kappa shape index (κ2) is 6.29. The smallest absolute Gasteiger partial charge is 0.343 e. The molecular weight excluding hydrogens is 339 g/mol. The maximum atomic E-state index is 13.8. The maximum absolute atomic E-state index is 13.8. The molecule has 0 amide bonds. The van der Waals surface area contributed by atoms with Gasteiger partial charge in [0.15, 0.2) is 5.65 Å². The van der Waals surface area contributed by atoms with Crippen LogP contribution < -0.4 is 9.64 Å². The molecular formula is C18H17FN4O3. The van der Waals surface area contributed by atoms with Crippen molar-refractivity contribution in [2.75, 3.05) is 25.2 Å². The number of benzene rings is 1. The van der Waals surface area contributed by atoms with Gasteiger partial charge in [-0.2, -0.15) is 5.10 Å². The van der Waals surface area contributed by atoms with Crippen LogP contribution in [0.1, 0.15) is 28.9 Å². The highest BCUT2D eigenvalue weighted by Crippen LogP contribution is 2.32. The van der Waals surface area contributed by atoms with E-state index in [-0.39, 0.29) is 30.6 Å². The number of rotatable bonds is 0. The molecule has 1 aliphatic heterocycles. The fourth-order valence-electron chi connectivity index (χ4n) is 2.95. The number of hydrogen-bond acceptors (Lipinski definition) is 6. The summed E-state index contributed by atoms with van der Waals surface area (Å²) < 4.78 is 26.3. The van der Waals surface area contributed by atoms with Gasteiger partial charge in [-0.25, -0.2) is 18.7 Å². The SMILES string of the molecule is C[C@@H]1c2cc(F)ccc2OCCOC(=O)c2cnn3ccc(nc23)N1C. The van der Waals surface area contributed by atoms with Crippen LogP contribution in [0.25, 0.3) is 5.65 Å². The number of hydrogen-bond donors (Lipinski definition) is 0. The van der Waals surface area contributed by atoms with Crippen molar-refractivity contribution in [3.05, 3.63) is 53.6 Å². The van der Waals surface area contributed by atoms with Gasteiger partial charge in [0.05, 0.1) is 12.2 Å². The number of nitrogens with zero attached hydrogens (tertiary/aromatic N) is 4. The Kier molecular flexibility index (Phi) is 3.95. The molecule has 7 nitrogen and oxygen atoms in total. The van der Waals surface area contributed by atoms with Crippen LogP contribution in [-0.4, -0.2) is 40.8 Å². The molecule has 0 unspecified atom stereocenters. The third-order valence-corrected chi connectivity index (χ3v) is 4.51. The van der Waals surface area contributed by atoms with Crippen LogP contribution in [0.4, 0.5) is 10.2 Å². The van der Waals surface area contributed by atoms with E-state index >= 15 is 0 Å². The summed E-state index contributed by atoms with van der Waals surface area (Å²) in [6, 6.07) is 5.95. The predicted octanol–water partition coefficient (Wildman–Crippen LogP) is 2.62. The molecule has 0 N–H and O–H groups in total. The zero-order valence-corrected chi connectivity index (χ0v) is 14.3. The van der Waals surface area contributed by atoms with Crippen LogP contribution in [0, 0.1) is 5.82 Å². The van der Waals surface area contributed by atoms with Gasteiger partial charge in [-0.05, 0) is 31.2 Å². The second-order valence-corrected chi connectivity index (χ2v) is 6.07. The molecule has 2 bridgehead atoms. The van der Waals surface area contributed by atoms with E-state index in [1.165, 1.54) is 22.8 Å². The van der Waals surface area contributed by atoms with E-state index in [0.717, 1.165) is 0 Å². The highest BCUT2D eigenvalue weighted by atomic mass is 19.1. The molecule has 3 heterocycles. The lowest BCUT2D eigenvalue weighted by molar-refractivity contribution is 0.0452. The van der Waals surface area contributed by atoms with E-state index in [1.54, 1.807) is 18.3 Å². The lowest BCUT2D eigenvalue weighted by Gasteiger charge is -2.27. The quantitative estimate of drug-likeness (QED) is 0.577. The van der Waals surface area contributed by atoms with Gasteiger partial charge in [-0.15, -0.1) is 0 Å². The minimum Gasteiger partial charge on any atom is -0.490 e. The van der Waals surface area contributed by atoms with E-state index in [4.69, 9.17) is 9.47 Å². The van der Waals surface area contributed by atoms with Gasteiger partial charge in [0, 0.05) is 18.8 Å². The minimum absolute atomic E-state index is 0.0664. The zero-order valence-electron chi connectivity index (χ0n) is 14.3. The number of ether oxygens (including phenoxy) is 2. The number of esters is 1. The molecule has 26 heavy (non-hydrogen) atoms. The summed E-state index contributed by atoms with van der Waals surface area (Å²) in [5.74, 6) is 0.312. The van der Waals surface area contributed by atoms with Gasteiger partial charge < -0.3 is 14.4 Å². The van der Waals surface area contributed by atoms with Crippen molar-refractivity contribution in [3.63, 3.8) is 0 Å². The summed E-state index contributed by atoms with van der Waals surface area (Å²) in [6.45, 7) is 2.17. The average Bonchev–Trinajstić information content (AvgIpc) is 3.07. The monoisotopic (exact) mass is 356 g/mol. The Morgan fingerprint density at radius 3 is 2.88 bits per heavy atom. The first kappa shape index (κ1) is 16.3. The molecule has 4 rings (SSSR count). The first-order valence-electron chi connectivity index (χ1n) is 8.21. The molecule has 1 atom stereocenters. The Morgan fingerprint density at radius 2 is 2.04 bits per heavy atom. The Labute approximate surface area is 149 Å². The van der Waals surface area contributed by atoms with Gasteiger partial charge in [0.25, 0.3) is 0 Å². The van der Waals surface area contributed by atoms with Crippen LogP contribution >= 0.6 is 0 Å². The number of cyclic esters (lactones) is 1. The molecule has 8 heteroatoms. The Bertz CT molecular complexity index is 988. The van der Waals surface area contributed by atoms with Gasteiger partial charge in [-0.3, -0.25) is 0 Å². The van der Waals surface area contributed by atoms with Gasteiger partial charge in [-0.1, -0.05) is 0 Å². The van der Waals surface area contributed by atoms with Crippen molar-refractivity contribution in [2.45, 2.75) is 13.0 Å². The molecule has 3 aromatic rings. The van der Waals surface area contributed by atoms with Crippen molar-refractivity contribution in [3.8, 4) is 5.75 Å². The zero-order chi connectivity index (χ0) is 18.3. The summed E-state index contributed by atoms with van der Waals surface area (Å²) in [6.07, 6.45) is 3.16. The summed E-state index contributed by atoms with van der Waals surface area (Å²) in [4.78, 5) is 18.7. The molecule has 1 aliphatic rings. The molecule has 0 saturated carbocycles. The van der Waals surface area contributed by atoms with Gasteiger partial charge >= 0.3 is 5.97 Å². The van der Waals surface area contributed by atoms with Crippen molar-refractivity contribution in [2.24, 2.45) is 0 Å². The van der Waals surface area contributed by atoms with Crippen LogP contribution in [0.5, 0.6) is 5.75 Å². The molecule has 134 valence electrons. The molecule has 0 fully saturated rings. The minimum atomic E-state index is -0.512. The maximum Gasteiger partial charge on any atom is 0.343 e. The number of anilines is 1. The van der Waals surface area contributed by atoms with Crippen molar-refractivity contribution in [1.29, 1.82) is 0 Å². The van der Waals surface area contributed by atoms with Crippen LogP contribution in [0.3, 0.4) is 0 Å². The summed E-state index contributed by atoms with van der Waals surface area (Å²) in [5, 5.41) is 4.13. The Hall–Kier alpha value is -3.16. The number of aromatic nitrogens is 3.